The molecule has 1 aliphatic heterocycles. The minimum Gasteiger partial charge on any atom is -0.381 e. The normalized spacial score (nSPS) is 14.5. The minimum atomic E-state index is -0.0123. The fourth-order valence-corrected chi connectivity index (χ4v) is 4.01. The van der Waals surface area contributed by atoms with Gasteiger partial charge >= 0.3 is 0 Å². The summed E-state index contributed by atoms with van der Waals surface area (Å²) in [5.41, 5.74) is 4.77. The van der Waals surface area contributed by atoms with Gasteiger partial charge in [-0.15, -0.1) is 0 Å². The molecule has 1 fully saturated rings. The number of rotatable bonds is 6. The van der Waals surface area contributed by atoms with E-state index in [1.54, 1.807) is 29.5 Å². The highest BCUT2D eigenvalue weighted by molar-refractivity contribution is 5.98. The average molecular weight is 428 g/mol. The summed E-state index contributed by atoms with van der Waals surface area (Å²) in [6, 6.07) is 8.13. The van der Waals surface area contributed by atoms with Gasteiger partial charge in [0.2, 0.25) is 0 Å². The van der Waals surface area contributed by atoms with Crippen molar-refractivity contribution in [2.24, 2.45) is 7.05 Å². The smallest absolute Gasteiger partial charge is 0.170 e. The Hall–Kier alpha value is -3.65. The highest BCUT2D eigenvalue weighted by Gasteiger charge is 2.15. The maximum Gasteiger partial charge on any atom is 0.170 e. The summed E-state index contributed by atoms with van der Waals surface area (Å²) in [5, 5.41) is 12.0. The van der Waals surface area contributed by atoms with Crippen LogP contribution in [0.25, 0.3) is 22.2 Å². The van der Waals surface area contributed by atoms with Gasteiger partial charge in [-0.05, 0) is 50.2 Å². The van der Waals surface area contributed by atoms with Crippen LogP contribution in [0.15, 0.2) is 55.2 Å². The standard InChI is InChI=1S/C24H25N7O/c1-31-15-18(13-28-31)22-3-2-16-12-27-20(9-23(16)30-22)10-24(32)17-8-21(14-26-11-17)29-19-4-6-25-7-5-19/h2-3,8-9,11-15,19,25,29H,4-7,10H2,1H3. The van der Waals surface area contributed by atoms with E-state index in [9.17, 15) is 4.79 Å². The van der Waals surface area contributed by atoms with Crippen LogP contribution in [0.5, 0.6) is 0 Å². The number of ketones is 1. The molecule has 0 spiro atoms. The van der Waals surface area contributed by atoms with Gasteiger partial charge in [0.25, 0.3) is 0 Å². The molecule has 8 heteroatoms. The second kappa shape index (κ2) is 8.84. The fourth-order valence-electron chi connectivity index (χ4n) is 4.01. The third-order valence-electron chi connectivity index (χ3n) is 5.74. The zero-order valence-corrected chi connectivity index (χ0v) is 18.0. The van der Waals surface area contributed by atoms with Crippen LogP contribution in [0.2, 0.25) is 0 Å². The Morgan fingerprint density at radius 1 is 1.16 bits per heavy atom. The first-order chi connectivity index (χ1) is 15.6. The lowest BCUT2D eigenvalue weighted by molar-refractivity contribution is 0.0991. The Kier molecular flexibility index (Phi) is 5.60. The third kappa shape index (κ3) is 4.50. The minimum absolute atomic E-state index is 0.0123. The number of pyridine rings is 3. The summed E-state index contributed by atoms with van der Waals surface area (Å²) in [4.78, 5) is 26.4. The number of carbonyl (C=O) groups is 1. The Labute approximate surface area is 186 Å². The van der Waals surface area contributed by atoms with Crippen molar-refractivity contribution in [3.05, 3.63) is 66.5 Å². The van der Waals surface area contributed by atoms with Crippen LogP contribution in [-0.4, -0.2) is 49.6 Å². The van der Waals surface area contributed by atoms with Gasteiger partial charge in [0.1, 0.15) is 0 Å². The largest absolute Gasteiger partial charge is 0.381 e. The Balaban J connectivity index is 1.33. The van der Waals surface area contributed by atoms with E-state index in [1.807, 2.05) is 37.5 Å². The van der Waals surface area contributed by atoms with Crippen LogP contribution in [0, 0.1) is 0 Å². The van der Waals surface area contributed by atoms with E-state index >= 15 is 0 Å². The maximum atomic E-state index is 12.9. The number of aromatic nitrogens is 5. The molecule has 0 aromatic carbocycles. The summed E-state index contributed by atoms with van der Waals surface area (Å²) >= 11 is 0. The number of fused-ring (bicyclic) bond motifs is 1. The van der Waals surface area contributed by atoms with E-state index < -0.39 is 0 Å². The molecular formula is C24H25N7O. The molecule has 0 radical (unpaired) electrons. The van der Waals surface area contributed by atoms with E-state index in [2.05, 4.69) is 25.7 Å². The zero-order chi connectivity index (χ0) is 21.9. The average Bonchev–Trinajstić information content (AvgIpc) is 3.26. The summed E-state index contributed by atoms with van der Waals surface area (Å²) in [7, 11) is 1.88. The lowest BCUT2D eigenvalue weighted by Gasteiger charge is -2.24. The molecule has 1 aliphatic rings. The van der Waals surface area contributed by atoms with Crippen LogP contribution in [0.3, 0.4) is 0 Å². The fraction of sp³-hybridized carbons (Fsp3) is 0.292. The van der Waals surface area contributed by atoms with Gasteiger partial charge in [0.15, 0.2) is 5.78 Å². The molecule has 0 unspecified atom stereocenters. The quantitative estimate of drug-likeness (QED) is 0.457. The molecular weight excluding hydrogens is 402 g/mol. The first-order valence-electron chi connectivity index (χ1n) is 10.8. The highest BCUT2D eigenvalue weighted by atomic mass is 16.1. The van der Waals surface area contributed by atoms with Gasteiger partial charge in [0, 0.05) is 54.4 Å². The first kappa shape index (κ1) is 20.3. The van der Waals surface area contributed by atoms with Crippen molar-refractivity contribution >= 4 is 22.4 Å². The van der Waals surface area contributed by atoms with E-state index in [0.29, 0.717) is 17.3 Å². The SMILES string of the molecule is Cn1cc(-c2ccc3cnc(CC(=O)c4cncc(NC5CCNCC5)c4)cc3n2)cn1. The molecule has 5 rings (SSSR count). The predicted octanol–water partition coefficient (Wildman–Crippen LogP) is 3.01. The van der Waals surface area contributed by atoms with Crippen molar-refractivity contribution in [2.45, 2.75) is 25.3 Å². The highest BCUT2D eigenvalue weighted by Crippen LogP contribution is 2.21. The number of nitrogens with one attached hydrogen (secondary N) is 2. The molecule has 32 heavy (non-hydrogen) atoms. The van der Waals surface area contributed by atoms with Crippen molar-refractivity contribution in [3.8, 4) is 11.3 Å². The maximum absolute atomic E-state index is 12.9. The molecule has 1 saturated heterocycles. The second-order valence-electron chi connectivity index (χ2n) is 8.20. The molecule has 0 bridgehead atoms. The van der Waals surface area contributed by atoms with E-state index in [-0.39, 0.29) is 12.2 Å². The van der Waals surface area contributed by atoms with Gasteiger partial charge in [-0.3, -0.25) is 19.4 Å². The number of hydrogen-bond acceptors (Lipinski definition) is 7. The Morgan fingerprint density at radius 3 is 2.84 bits per heavy atom. The van der Waals surface area contributed by atoms with Gasteiger partial charge < -0.3 is 10.6 Å². The number of hydrogen-bond donors (Lipinski definition) is 2. The third-order valence-corrected chi connectivity index (χ3v) is 5.74. The number of anilines is 1. The van der Waals surface area contributed by atoms with Gasteiger partial charge in [0.05, 0.1) is 35.2 Å². The molecule has 0 aliphatic carbocycles. The topological polar surface area (TPSA) is 97.6 Å². The van der Waals surface area contributed by atoms with Gasteiger partial charge in [-0.25, -0.2) is 4.98 Å². The van der Waals surface area contributed by atoms with Crippen molar-refractivity contribution in [1.29, 1.82) is 0 Å². The predicted molar refractivity (Wildman–Crippen MR) is 124 cm³/mol. The van der Waals surface area contributed by atoms with Gasteiger partial charge in [-0.1, -0.05) is 0 Å². The van der Waals surface area contributed by atoms with E-state index in [0.717, 1.165) is 53.8 Å². The summed E-state index contributed by atoms with van der Waals surface area (Å²) < 4.78 is 1.75. The molecule has 8 nitrogen and oxygen atoms in total. The van der Waals surface area contributed by atoms with E-state index in [1.165, 1.54) is 0 Å². The van der Waals surface area contributed by atoms with Crippen molar-refractivity contribution in [1.82, 2.24) is 30.0 Å². The Morgan fingerprint density at radius 2 is 2.03 bits per heavy atom. The number of carbonyl (C=O) groups excluding carboxylic acids is 1. The van der Waals surface area contributed by atoms with Crippen LogP contribution < -0.4 is 10.6 Å². The molecule has 0 atom stereocenters. The lowest BCUT2D eigenvalue weighted by atomic mass is 10.0. The van der Waals surface area contributed by atoms with Crippen LogP contribution in [-0.2, 0) is 13.5 Å². The van der Waals surface area contributed by atoms with Crippen LogP contribution in [0.4, 0.5) is 5.69 Å². The molecule has 2 N–H and O–H groups in total. The molecule has 162 valence electrons. The molecule has 4 aromatic rings. The number of piperidine rings is 1. The van der Waals surface area contributed by atoms with Gasteiger partial charge in [-0.2, -0.15) is 5.10 Å². The lowest BCUT2D eigenvalue weighted by Crippen LogP contribution is -2.35. The second-order valence-corrected chi connectivity index (χ2v) is 8.20. The van der Waals surface area contributed by atoms with Crippen molar-refractivity contribution < 1.29 is 4.79 Å². The molecule has 0 amide bonds. The number of Topliss-reactive ketones (excluding diaryl/α,β-unsaturated/α-hetero) is 1. The van der Waals surface area contributed by atoms with Crippen LogP contribution >= 0.6 is 0 Å². The van der Waals surface area contributed by atoms with Crippen molar-refractivity contribution in [2.75, 3.05) is 18.4 Å². The number of aryl methyl sites for hydroxylation is 1. The molecule has 0 saturated carbocycles. The van der Waals surface area contributed by atoms with Crippen molar-refractivity contribution in [3.63, 3.8) is 0 Å². The Bertz CT molecular complexity index is 1260. The molecule has 5 heterocycles. The molecule has 4 aromatic heterocycles. The number of nitrogens with zero attached hydrogens (tertiary/aromatic N) is 5. The monoisotopic (exact) mass is 427 g/mol. The first-order valence-corrected chi connectivity index (χ1v) is 10.8. The van der Waals surface area contributed by atoms with E-state index in [4.69, 9.17) is 4.98 Å². The summed E-state index contributed by atoms with van der Waals surface area (Å²) in [6.45, 7) is 2.02. The zero-order valence-electron chi connectivity index (χ0n) is 18.0. The summed E-state index contributed by atoms with van der Waals surface area (Å²) in [5.74, 6) is -0.0123. The summed E-state index contributed by atoms with van der Waals surface area (Å²) in [6.07, 6.45) is 11.2. The van der Waals surface area contributed by atoms with Crippen LogP contribution in [0.1, 0.15) is 28.9 Å².